The second kappa shape index (κ2) is 7.24. The standard InChI is InChI=1S/C16H24N2O3S/c1-3-22(20,21)13-12-17-8-10-18(11-9-17)16-6-4-15(5-7-16)14(2)19/h4-7H,3,8-13H2,1-2H3. The van der Waals surface area contributed by atoms with Crippen molar-refractivity contribution in [3.8, 4) is 0 Å². The highest BCUT2D eigenvalue weighted by Gasteiger charge is 2.19. The summed E-state index contributed by atoms with van der Waals surface area (Å²) in [7, 11) is -2.88. The average Bonchev–Trinajstić information content (AvgIpc) is 2.54. The average molecular weight is 324 g/mol. The Balaban J connectivity index is 1.85. The highest BCUT2D eigenvalue weighted by molar-refractivity contribution is 7.91. The Bertz CT molecular complexity index is 603. The number of nitrogens with zero attached hydrogens (tertiary/aromatic N) is 2. The van der Waals surface area contributed by atoms with Crippen molar-refractivity contribution in [2.75, 3.05) is 49.1 Å². The highest BCUT2D eigenvalue weighted by Crippen LogP contribution is 2.17. The molecule has 1 aromatic rings. The van der Waals surface area contributed by atoms with E-state index in [4.69, 9.17) is 0 Å². The van der Waals surface area contributed by atoms with E-state index < -0.39 is 9.84 Å². The third-order valence-corrected chi connectivity index (χ3v) is 5.85. The molecule has 0 radical (unpaired) electrons. The molecule has 0 aromatic heterocycles. The van der Waals surface area contributed by atoms with E-state index in [0.717, 1.165) is 37.4 Å². The predicted octanol–water partition coefficient (Wildman–Crippen LogP) is 1.45. The molecule has 1 aliphatic heterocycles. The Morgan fingerprint density at radius 3 is 2.18 bits per heavy atom. The number of carbonyl (C=O) groups is 1. The van der Waals surface area contributed by atoms with Crippen molar-refractivity contribution in [2.24, 2.45) is 0 Å². The van der Waals surface area contributed by atoms with Gasteiger partial charge in [-0.3, -0.25) is 9.69 Å². The molecular weight excluding hydrogens is 300 g/mol. The van der Waals surface area contributed by atoms with Crippen LogP contribution in [0.25, 0.3) is 0 Å². The van der Waals surface area contributed by atoms with Gasteiger partial charge in [0.1, 0.15) is 0 Å². The molecule has 122 valence electrons. The zero-order chi connectivity index (χ0) is 16.2. The number of benzene rings is 1. The first-order chi connectivity index (χ1) is 10.4. The maximum Gasteiger partial charge on any atom is 0.159 e. The van der Waals surface area contributed by atoms with Gasteiger partial charge in [-0.2, -0.15) is 0 Å². The minimum absolute atomic E-state index is 0.0773. The zero-order valence-electron chi connectivity index (χ0n) is 13.3. The second-order valence-corrected chi connectivity index (χ2v) is 8.14. The van der Waals surface area contributed by atoms with E-state index in [1.807, 2.05) is 24.3 Å². The molecule has 2 rings (SSSR count). The van der Waals surface area contributed by atoms with Crippen LogP contribution < -0.4 is 4.90 Å². The smallest absolute Gasteiger partial charge is 0.159 e. The van der Waals surface area contributed by atoms with Crippen LogP contribution in [0.15, 0.2) is 24.3 Å². The first-order valence-electron chi connectivity index (χ1n) is 7.70. The number of carbonyl (C=O) groups excluding carboxylic acids is 1. The van der Waals surface area contributed by atoms with Crippen LogP contribution in [0, 0.1) is 0 Å². The summed E-state index contributed by atoms with van der Waals surface area (Å²) in [6, 6.07) is 7.68. The zero-order valence-corrected chi connectivity index (χ0v) is 14.1. The number of sulfone groups is 1. The molecule has 1 heterocycles. The molecule has 22 heavy (non-hydrogen) atoms. The van der Waals surface area contributed by atoms with Crippen LogP contribution in [0.4, 0.5) is 5.69 Å². The molecule has 6 heteroatoms. The van der Waals surface area contributed by atoms with Gasteiger partial charge in [0.25, 0.3) is 0 Å². The number of anilines is 1. The third kappa shape index (κ3) is 4.55. The van der Waals surface area contributed by atoms with Crippen LogP contribution in [0.3, 0.4) is 0 Å². The number of piperazine rings is 1. The SMILES string of the molecule is CCS(=O)(=O)CCN1CCN(c2ccc(C(C)=O)cc2)CC1. The Labute approximate surface area is 132 Å². The first kappa shape index (κ1) is 17.0. The number of hydrogen-bond donors (Lipinski definition) is 0. The molecule has 0 aliphatic carbocycles. The molecule has 0 unspecified atom stereocenters. The molecule has 0 amide bonds. The quantitative estimate of drug-likeness (QED) is 0.741. The monoisotopic (exact) mass is 324 g/mol. The second-order valence-electron chi connectivity index (χ2n) is 5.67. The molecule has 1 fully saturated rings. The van der Waals surface area contributed by atoms with Crippen LogP contribution in [-0.4, -0.2) is 63.3 Å². The molecule has 0 atom stereocenters. The summed E-state index contributed by atoms with van der Waals surface area (Å²) < 4.78 is 23.1. The lowest BCUT2D eigenvalue weighted by Crippen LogP contribution is -2.47. The van der Waals surface area contributed by atoms with Crippen molar-refractivity contribution in [1.82, 2.24) is 4.90 Å². The summed E-state index contributed by atoms with van der Waals surface area (Å²) >= 11 is 0. The summed E-state index contributed by atoms with van der Waals surface area (Å²) in [6.45, 7) is 7.38. The number of rotatable bonds is 6. The van der Waals surface area contributed by atoms with Crippen LogP contribution >= 0.6 is 0 Å². The van der Waals surface area contributed by atoms with Crippen LogP contribution in [0.1, 0.15) is 24.2 Å². The number of hydrogen-bond acceptors (Lipinski definition) is 5. The lowest BCUT2D eigenvalue weighted by Gasteiger charge is -2.36. The minimum atomic E-state index is -2.88. The molecular formula is C16H24N2O3S. The summed E-state index contributed by atoms with van der Waals surface area (Å²) in [5.41, 5.74) is 1.85. The van der Waals surface area contributed by atoms with Gasteiger partial charge in [0.05, 0.1) is 5.75 Å². The van der Waals surface area contributed by atoms with Crippen molar-refractivity contribution in [1.29, 1.82) is 0 Å². The van der Waals surface area contributed by atoms with Gasteiger partial charge in [0, 0.05) is 49.7 Å². The summed E-state index contributed by atoms with van der Waals surface area (Å²) in [5.74, 6) is 0.542. The normalized spacial score (nSPS) is 16.7. The largest absolute Gasteiger partial charge is 0.369 e. The summed E-state index contributed by atoms with van der Waals surface area (Å²) in [4.78, 5) is 15.8. The Morgan fingerprint density at radius 2 is 1.68 bits per heavy atom. The Hall–Kier alpha value is -1.40. The van der Waals surface area contributed by atoms with Crippen molar-refractivity contribution in [3.05, 3.63) is 29.8 Å². The van der Waals surface area contributed by atoms with E-state index in [9.17, 15) is 13.2 Å². The van der Waals surface area contributed by atoms with Gasteiger partial charge in [0.15, 0.2) is 15.6 Å². The van der Waals surface area contributed by atoms with Gasteiger partial charge in [-0.15, -0.1) is 0 Å². The highest BCUT2D eigenvalue weighted by atomic mass is 32.2. The maximum atomic E-state index is 11.6. The van der Waals surface area contributed by atoms with Crippen LogP contribution in [-0.2, 0) is 9.84 Å². The fraction of sp³-hybridized carbons (Fsp3) is 0.562. The van der Waals surface area contributed by atoms with E-state index in [-0.39, 0.29) is 17.3 Å². The van der Waals surface area contributed by atoms with Gasteiger partial charge < -0.3 is 4.90 Å². The van der Waals surface area contributed by atoms with Gasteiger partial charge in [-0.05, 0) is 31.2 Å². The molecule has 1 aromatic carbocycles. The van der Waals surface area contributed by atoms with Gasteiger partial charge in [0.2, 0.25) is 0 Å². The predicted molar refractivity (Wildman–Crippen MR) is 89.4 cm³/mol. The lowest BCUT2D eigenvalue weighted by molar-refractivity contribution is 0.101. The molecule has 0 spiro atoms. The van der Waals surface area contributed by atoms with Crippen molar-refractivity contribution in [3.63, 3.8) is 0 Å². The molecule has 1 aliphatic rings. The van der Waals surface area contributed by atoms with Crippen LogP contribution in [0.5, 0.6) is 0 Å². The topological polar surface area (TPSA) is 57.7 Å². The van der Waals surface area contributed by atoms with Crippen molar-refractivity contribution >= 4 is 21.3 Å². The van der Waals surface area contributed by atoms with Crippen molar-refractivity contribution < 1.29 is 13.2 Å². The molecule has 5 nitrogen and oxygen atoms in total. The molecule has 0 saturated carbocycles. The van der Waals surface area contributed by atoms with E-state index >= 15 is 0 Å². The minimum Gasteiger partial charge on any atom is -0.369 e. The van der Waals surface area contributed by atoms with E-state index in [1.165, 1.54) is 0 Å². The Morgan fingerprint density at radius 1 is 1.09 bits per heavy atom. The van der Waals surface area contributed by atoms with Gasteiger partial charge in [-0.25, -0.2) is 8.42 Å². The fourth-order valence-electron chi connectivity index (χ4n) is 2.55. The molecule has 0 bridgehead atoms. The van der Waals surface area contributed by atoms with Crippen molar-refractivity contribution in [2.45, 2.75) is 13.8 Å². The lowest BCUT2D eigenvalue weighted by atomic mass is 10.1. The van der Waals surface area contributed by atoms with E-state index in [2.05, 4.69) is 9.80 Å². The number of ketones is 1. The third-order valence-electron chi connectivity index (χ3n) is 4.17. The van der Waals surface area contributed by atoms with Crippen LogP contribution in [0.2, 0.25) is 0 Å². The summed E-state index contributed by atoms with van der Waals surface area (Å²) in [6.07, 6.45) is 0. The van der Waals surface area contributed by atoms with Gasteiger partial charge in [-0.1, -0.05) is 6.92 Å². The summed E-state index contributed by atoms with van der Waals surface area (Å²) in [5, 5.41) is 0. The number of Topliss-reactive ketones (excluding diaryl/α,β-unsaturated/α-hetero) is 1. The van der Waals surface area contributed by atoms with E-state index in [1.54, 1.807) is 13.8 Å². The van der Waals surface area contributed by atoms with E-state index in [0.29, 0.717) is 6.54 Å². The Kier molecular flexibility index (Phi) is 5.58. The first-order valence-corrected chi connectivity index (χ1v) is 9.52. The maximum absolute atomic E-state index is 11.6. The fourth-order valence-corrected chi connectivity index (χ4v) is 3.37. The van der Waals surface area contributed by atoms with Gasteiger partial charge >= 0.3 is 0 Å². The molecule has 0 N–H and O–H groups in total. The molecule has 1 saturated heterocycles.